The van der Waals surface area contributed by atoms with Gasteiger partial charge in [0.05, 0.1) is 11.5 Å². The summed E-state index contributed by atoms with van der Waals surface area (Å²) in [5.41, 5.74) is 1.07. The topological polar surface area (TPSA) is 88.1 Å². The summed E-state index contributed by atoms with van der Waals surface area (Å²) in [6, 6.07) is 7.15. The second kappa shape index (κ2) is 10.3. The van der Waals surface area contributed by atoms with Crippen molar-refractivity contribution in [2.75, 3.05) is 25.0 Å². The number of anilines is 1. The Balaban J connectivity index is 1.40. The first-order valence-corrected chi connectivity index (χ1v) is 10.9. The van der Waals surface area contributed by atoms with Crippen LogP contribution < -0.4 is 5.32 Å². The molecule has 2 fully saturated rings. The van der Waals surface area contributed by atoms with Gasteiger partial charge in [0.15, 0.2) is 6.29 Å². The second-order valence-electron chi connectivity index (χ2n) is 9.21. The third-order valence-corrected chi connectivity index (χ3v) is 5.15. The van der Waals surface area contributed by atoms with Crippen LogP contribution >= 0.6 is 0 Å². The van der Waals surface area contributed by atoms with Crippen molar-refractivity contribution in [1.29, 1.82) is 0 Å². The van der Waals surface area contributed by atoms with E-state index in [9.17, 15) is 14.7 Å². The highest BCUT2D eigenvalue weighted by molar-refractivity contribution is 5.94. The lowest BCUT2D eigenvalue weighted by atomic mass is 9.97. The van der Waals surface area contributed by atoms with Crippen LogP contribution in [0.25, 0.3) is 0 Å². The monoisotopic (exact) mass is 428 g/mol. The van der Waals surface area contributed by atoms with Crippen molar-refractivity contribution in [2.24, 2.45) is 11.8 Å². The van der Waals surface area contributed by atoms with Gasteiger partial charge in [-0.25, -0.2) is 4.79 Å². The van der Waals surface area contributed by atoms with Gasteiger partial charge in [-0.15, -0.1) is 0 Å². The molecule has 1 aliphatic carbocycles. The first kappa shape index (κ1) is 23.3. The fourth-order valence-corrected chi connectivity index (χ4v) is 3.39. The van der Waals surface area contributed by atoms with Gasteiger partial charge >= 0.3 is 12.1 Å². The van der Waals surface area contributed by atoms with Gasteiger partial charge in [-0.05, 0) is 83.8 Å². The van der Waals surface area contributed by atoms with Crippen LogP contribution in [0.1, 0.15) is 52.0 Å². The lowest BCUT2D eigenvalue weighted by Crippen LogP contribution is -2.41. The normalized spacial score (nSPS) is 18.6. The first-order chi connectivity index (χ1) is 14.7. The number of piperidine rings is 1. The van der Waals surface area contributed by atoms with Crippen molar-refractivity contribution in [3.63, 3.8) is 0 Å². The molecular formula is C24H32N2O5. The average molecular weight is 429 g/mol. The predicted molar refractivity (Wildman–Crippen MR) is 117 cm³/mol. The number of likely N-dealkylation sites (tertiary alicyclic amines) is 1. The van der Waals surface area contributed by atoms with E-state index in [1.165, 1.54) is 0 Å². The molecule has 0 radical (unpaired) electrons. The van der Waals surface area contributed by atoms with E-state index >= 15 is 0 Å². The molecule has 7 heteroatoms. The third kappa shape index (κ3) is 8.33. The Morgan fingerprint density at radius 1 is 1.16 bits per heavy atom. The maximum absolute atomic E-state index is 11.7. The van der Waals surface area contributed by atoms with E-state index in [0.717, 1.165) is 44.3 Å². The molecule has 0 aromatic heterocycles. The summed E-state index contributed by atoms with van der Waals surface area (Å²) in [5.74, 6) is 6.27. The molecule has 168 valence electrons. The van der Waals surface area contributed by atoms with Crippen molar-refractivity contribution < 1.29 is 24.2 Å². The minimum atomic E-state index is -0.779. The Morgan fingerprint density at radius 2 is 1.81 bits per heavy atom. The van der Waals surface area contributed by atoms with Crippen molar-refractivity contribution in [2.45, 2.75) is 58.3 Å². The van der Waals surface area contributed by atoms with E-state index < -0.39 is 18.4 Å². The standard InChI is InChI=1S/C24H32N2O5/c1-24(2,3)31-21(27)16-26-14-12-18(13-15-26)5-4-17-6-10-20(11-7-17)25-23(29)30-22(28)19-8-9-19/h6-7,10-11,18-19,21,27H,8-9,12-16H2,1-3H3,(H,25,29). The molecule has 3 rings (SSSR count). The summed E-state index contributed by atoms with van der Waals surface area (Å²) in [7, 11) is 0. The molecule has 31 heavy (non-hydrogen) atoms. The molecular weight excluding hydrogens is 396 g/mol. The number of hydrogen-bond donors (Lipinski definition) is 2. The maximum atomic E-state index is 11.7. The summed E-state index contributed by atoms with van der Waals surface area (Å²) in [6.45, 7) is 8.08. The highest BCUT2D eigenvalue weighted by Crippen LogP contribution is 2.30. The minimum Gasteiger partial charge on any atom is -0.376 e. The zero-order chi connectivity index (χ0) is 22.4. The van der Waals surface area contributed by atoms with Crippen LogP contribution in [0.5, 0.6) is 0 Å². The number of ether oxygens (including phenoxy) is 2. The average Bonchev–Trinajstić information content (AvgIpc) is 3.52. The quantitative estimate of drug-likeness (QED) is 0.324. The molecule has 1 saturated carbocycles. The van der Waals surface area contributed by atoms with Crippen molar-refractivity contribution >= 4 is 17.7 Å². The van der Waals surface area contributed by atoms with Crippen LogP contribution in [-0.4, -0.2) is 53.6 Å². The molecule has 0 spiro atoms. The highest BCUT2D eigenvalue weighted by Gasteiger charge is 2.32. The van der Waals surface area contributed by atoms with Gasteiger partial charge in [0, 0.05) is 23.7 Å². The Morgan fingerprint density at radius 3 is 2.39 bits per heavy atom. The largest absolute Gasteiger partial charge is 0.419 e. The van der Waals surface area contributed by atoms with E-state index in [4.69, 9.17) is 9.47 Å². The zero-order valence-electron chi connectivity index (χ0n) is 18.5. The van der Waals surface area contributed by atoms with Crippen LogP contribution in [0.15, 0.2) is 24.3 Å². The van der Waals surface area contributed by atoms with E-state index in [1.54, 1.807) is 12.1 Å². The number of aliphatic hydroxyl groups excluding tert-OH is 1. The van der Waals surface area contributed by atoms with Gasteiger partial charge in [-0.2, -0.15) is 0 Å². The number of esters is 1. The number of carbonyl (C=O) groups is 2. The van der Waals surface area contributed by atoms with Gasteiger partial charge in [0.2, 0.25) is 0 Å². The van der Waals surface area contributed by atoms with Gasteiger partial charge in [0.25, 0.3) is 0 Å². The van der Waals surface area contributed by atoms with Crippen molar-refractivity contribution in [3.8, 4) is 11.8 Å². The summed E-state index contributed by atoms with van der Waals surface area (Å²) >= 11 is 0. The van der Waals surface area contributed by atoms with E-state index in [1.807, 2.05) is 32.9 Å². The van der Waals surface area contributed by atoms with Gasteiger partial charge in [-0.3, -0.25) is 15.0 Å². The molecule has 1 saturated heterocycles. The Kier molecular flexibility index (Phi) is 7.71. The lowest BCUT2D eigenvalue weighted by Gasteiger charge is -2.33. The number of aliphatic hydroxyl groups is 1. The number of β-amino-alcohol motifs (C(OH)–C–C–N with tert-alkyl or cyclic N) is 1. The number of hydrogen-bond acceptors (Lipinski definition) is 6. The van der Waals surface area contributed by atoms with Crippen LogP contribution in [0.4, 0.5) is 10.5 Å². The number of nitrogens with zero attached hydrogens (tertiary/aromatic N) is 1. The molecule has 1 aromatic rings. The van der Waals surface area contributed by atoms with Crippen LogP contribution in [0.2, 0.25) is 0 Å². The van der Waals surface area contributed by atoms with Gasteiger partial charge < -0.3 is 14.6 Å². The number of rotatable bonds is 5. The van der Waals surface area contributed by atoms with Crippen LogP contribution in [-0.2, 0) is 14.3 Å². The molecule has 7 nitrogen and oxygen atoms in total. The Hall–Kier alpha value is -2.40. The Labute approximate surface area is 184 Å². The minimum absolute atomic E-state index is 0.114. The van der Waals surface area contributed by atoms with Crippen molar-refractivity contribution in [3.05, 3.63) is 29.8 Å². The molecule has 1 aliphatic heterocycles. The second-order valence-corrected chi connectivity index (χ2v) is 9.21. The third-order valence-electron chi connectivity index (χ3n) is 5.15. The molecule has 1 heterocycles. The van der Waals surface area contributed by atoms with E-state index in [2.05, 4.69) is 22.1 Å². The molecule has 2 aliphatic rings. The number of benzene rings is 1. The number of nitrogens with one attached hydrogen (secondary N) is 1. The lowest BCUT2D eigenvalue weighted by molar-refractivity contribution is -0.175. The first-order valence-electron chi connectivity index (χ1n) is 10.9. The van der Waals surface area contributed by atoms with Crippen LogP contribution in [0, 0.1) is 23.7 Å². The van der Waals surface area contributed by atoms with Gasteiger partial charge in [0.1, 0.15) is 0 Å². The highest BCUT2D eigenvalue weighted by atomic mass is 16.6. The molecule has 0 bridgehead atoms. The number of carbonyl (C=O) groups excluding carboxylic acids is 2. The molecule has 1 atom stereocenters. The molecule has 1 amide bonds. The fraction of sp³-hybridized carbons (Fsp3) is 0.583. The Bertz CT molecular complexity index is 822. The van der Waals surface area contributed by atoms with Crippen LogP contribution in [0.3, 0.4) is 0 Å². The van der Waals surface area contributed by atoms with E-state index in [0.29, 0.717) is 18.2 Å². The molecule has 2 N–H and O–H groups in total. The SMILES string of the molecule is CC(C)(C)OC(O)CN1CCC(C#Cc2ccc(NC(=O)OC(=O)C3CC3)cc2)CC1. The van der Waals surface area contributed by atoms with Crippen molar-refractivity contribution in [1.82, 2.24) is 4.90 Å². The summed E-state index contributed by atoms with van der Waals surface area (Å²) in [5, 5.41) is 12.6. The molecule has 1 unspecified atom stereocenters. The zero-order valence-corrected chi connectivity index (χ0v) is 18.5. The predicted octanol–water partition coefficient (Wildman–Crippen LogP) is 3.37. The maximum Gasteiger partial charge on any atom is 0.419 e. The number of amides is 1. The molecule has 1 aromatic carbocycles. The van der Waals surface area contributed by atoms with E-state index in [-0.39, 0.29) is 11.5 Å². The summed E-state index contributed by atoms with van der Waals surface area (Å²) in [4.78, 5) is 25.4. The fourth-order valence-electron chi connectivity index (χ4n) is 3.39. The summed E-state index contributed by atoms with van der Waals surface area (Å²) < 4.78 is 10.3. The summed E-state index contributed by atoms with van der Waals surface area (Å²) in [6.07, 6.45) is 1.98. The van der Waals surface area contributed by atoms with Gasteiger partial charge in [-0.1, -0.05) is 11.8 Å². The smallest absolute Gasteiger partial charge is 0.376 e.